The summed E-state index contributed by atoms with van der Waals surface area (Å²) in [5.74, 6) is -3.53. The molecule has 0 aromatic heterocycles. The molecule has 0 aromatic carbocycles. The molecule has 12 heteroatoms. The predicted octanol–water partition coefficient (Wildman–Crippen LogP) is 2.50. The Morgan fingerprint density at radius 3 is 2.07 bits per heavy atom. The van der Waals surface area contributed by atoms with Crippen LogP contribution >= 0.6 is 0 Å². The maximum Gasteiger partial charge on any atom is 0.395 e. The number of ether oxygens (including phenoxy) is 2. The largest absolute Gasteiger partial charge is 0.395 e. The highest BCUT2D eigenvalue weighted by Gasteiger charge is 2.54. The summed E-state index contributed by atoms with van der Waals surface area (Å²) in [4.78, 5) is 0. The standard InChI is InChI=1S/C17H28F6N4O2/c1-8-5-3-2-4-6-9(16(18,19)20)14-26-27-15(29-14)12-11(24)7-10(17(21,22)23)13(25-12)28-8/h8-15,25-27H,2-7,24H2,1H3/t8-,9+,10?,11?,12?,13?,14?,15?/m1/s1. The van der Waals surface area contributed by atoms with Gasteiger partial charge >= 0.3 is 12.4 Å². The van der Waals surface area contributed by atoms with E-state index in [1.807, 2.05) is 0 Å². The molecule has 0 amide bonds. The SMILES string of the molecule is C[C@@H]1CCCCC[C@H](C(F)(F)F)C2NNC(O2)C2NC(O1)C(C(F)(F)F)CC2N. The summed E-state index contributed by atoms with van der Waals surface area (Å²) >= 11 is 0. The quantitative estimate of drug-likeness (QED) is 0.439. The minimum atomic E-state index is -4.52. The lowest BCUT2D eigenvalue weighted by Crippen LogP contribution is -2.67. The molecule has 0 aliphatic carbocycles. The van der Waals surface area contributed by atoms with Gasteiger partial charge in [0.2, 0.25) is 0 Å². The zero-order chi connectivity index (χ0) is 21.4. The first-order valence-electron chi connectivity index (χ1n) is 9.94. The Kier molecular flexibility index (Phi) is 7.01. The van der Waals surface area contributed by atoms with E-state index in [4.69, 9.17) is 15.2 Å². The van der Waals surface area contributed by atoms with Gasteiger partial charge in [-0.25, -0.2) is 10.9 Å². The van der Waals surface area contributed by atoms with Gasteiger partial charge in [-0.15, -0.1) is 0 Å². The lowest BCUT2D eigenvalue weighted by Gasteiger charge is -2.44. The number of alkyl halides is 6. The van der Waals surface area contributed by atoms with Gasteiger partial charge in [-0.05, 0) is 26.2 Å². The summed E-state index contributed by atoms with van der Waals surface area (Å²) in [6.45, 7) is 1.67. The van der Waals surface area contributed by atoms with Crippen LogP contribution in [-0.4, -0.2) is 49.2 Å². The van der Waals surface area contributed by atoms with Gasteiger partial charge in [-0.3, -0.25) is 5.32 Å². The fourth-order valence-corrected chi connectivity index (χ4v) is 4.28. The summed E-state index contributed by atoms with van der Waals surface area (Å²) < 4.78 is 92.3. The number of fused-ring (bicyclic) bond motifs is 5. The molecule has 3 aliphatic heterocycles. The van der Waals surface area contributed by atoms with Crippen LogP contribution in [0.5, 0.6) is 0 Å². The van der Waals surface area contributed by atoms with Crippen LogP contribution in [-0.2, 0) is 9.47 Å². The summed E-state index contributed by atoms with van der Waals surface area (Å²) in [6, 6.07) is -1.83. The molecule has 4 bridgehead atoms. The van der Waals surface area contributed by atoms with Crippen molar-refractivity contribution in [1.82, 2.24) is 16.2 Å². The topological polar surface area (TPSA) is 80.6 Å². The lowest BCUT2D eigenvalue weighted by atomic mass is 9.87. The Morgan fingerprint density at radius 1 is 0.793 bits per heavy atom. The molecule has 5 N–H and O–H groups in total. The predicted molar refractivity (Wildman–Crippen MR) is 91.0 cm³/mol. The third kappa shape index (κ3) is 5.53. The number of hydrogen-bond acceptors (Lipinski definition) is 6. The fourth-order valence-electron chi connectivity index (χ4n) is 4.28. The van der Waals surface area contributed by atoms with Gasteiger partial charge in [0.1, 0.15) is 18.7 Å². The van der Waals surface area contributed by atoms with Gasteiger partial charge in [0.15, 0.2) is 0 Å². The van der Waals surface area contributed by atoms with Gasteiger partial charge < -0.3 is 15.2 Å². The second-order valence-corrected chi connectivity index (χ2v) is 8.16. The van der Waals surface area contributed by atoms with Gasteiger partial charge in [0.05, 0.1) is 24.0 Å². The van der Waals surface area contributed by atoms with Gasteiger partial charge in [0, 0.05) is 6.04 Å². The van der Waals surface area contributed by atoms with Crippen LogP contribution in [0, 0.1) is 11.8 Å². The van der Waals surface area contributed by atoms with E-state index in [9.17, 15) is 26.3 Å². The van der Waals surface area contributed by atoms with Crippen LogP contribution in [0.4, 0.5) is 26.3 Å². The Hall–Kier alpha value is -0.660. The summed E-state index contributed by atoms with van der Waals surface area (Å²) in [7, 11) is 0. The Bertz CT molecular complexity index is 549. The maximum atomic E-state index is 13.5. The highest BCUT2D eigenvalue weighted by molar-refractivity contribution is 4.98. The molecule has 3 aliphatic rings. The van der Waals surface area contributed by atoms with E-state index in [2.05, 4.69) is 16.2 Å². The molecule has 6 nitrogen and oxygen atoms in total. The van der Waals surface area contributed by atoms with Crippen molar-refractivity contribution in [3.05, 3.63) is 0 Å². The number of nitrogens with one attached hydrogen (secondary N) is 3. The molecule has 8 atom stereocenters. The first kappa shape index (κ1) is 23.0. The van der Waals surface area contributed by atoms with Crippen LogP contribution in [0.25, 0.3) is 0 Å². The molecule has 3 heterocycles. The van der Waals surface area contributed by atoms with Gasteiger partial charge in [-0.2, -0.15) is 26.3 Å². The summed E-state index contributed by atoms with van der Waals surface area (Å²) in [5.41, 5.74) is 11.1. The first-order valence-corrected chi connectivity index (χ1v) is 9.94. The van der Waals surface area contributed by atoms with E-state index in [1.54, 1.807) is 6.92 Å². The van der Waals surface area contributed by atoms with Crippen molar-refractivity contribution in [3.63, 3.8) is 0 Å². The number of hydrogen-bond donors (Lipinski definition) is 4. The summed E-state index contributed by atoms with van der Waals surface area (Å²) in [5, 5.41) is 2.75. The Labute approximate surface area is 165 Å². The fraction of sp³-hybridized carbons (Fsp3) is 1.00. The highest BCUT2D eigenvalue weighted by atomic mass is 19.4. The average Bonchev–Trinajstić information content (AvgIpc) is 3.05. The summed E-state index contributed by atoms with van der Waals surface area (Å²) in [6.07, 6.45) is -11.8. The molecule has 3 saturated heterocycles. The zero-order valence-corrected chi connectivity index (χ0v) is 16.0. The third-order valence-corrected chi connectivity index (χ3v) is 5.91. The Morgan fingerprint density at radius 2 is 1.41 bits per heavy atom. The zero-order valence-electron chi connectivity index (χ0n) is 16.0. The van der Waals surface area contributed by atoms with Crippen LogP contribution in [0.3, 0.4) is 0 Å². The van der Waals surface area contributed by atoms with E-state index in [0.29, 0.717) is 25.7 Å². The molecule has 170 valence electrons. The molecule has 0 spiro atoms. The van der Waals surface area contributed by atoms with Crippen molar-refractivity contribution in [1.29, 1.82) is 0 Å². The number of piperidine rings is 1. The van der Waals surface area contributed by atoms with E-state index in [1.165, 1.54) is 0 Å². The van der Waals surface area contributed by atoms with Crippen molar-refractivity contribution < 1.29 is 35.8 Å². The monoisotopic (exact) mass is 434 g/mol. The van der Waals surface area contributed by atoms with Crippen LogP contribution < -0.4 is 21.9 Å². The number of hydrazine groups is 1. The number of nitrogens with two attached hydrogens (primary N) is 1. The van der Waals surface area contributed by atoms with Crippen molar-refractivity contribution >= 4 is 0 Å². The van der Waals surface area contributed by atoms with Crippen LogP contribution in [0.15, 0.2) is 0 Å². The van der Waals surface area contributed by atoms with Gasteiger partial charge in [0.25, 0.3) is 0 Å². The molecular weight excluding hydrogens is 406 g/mol. The van der Waals surface area contributed by atoms with E-state index >= 15 is 0 Å². The smallest absolute Gasteiger partial charge is 0.360 e. The third-order valence-electron chi connectivity index (χ3n) is 5.91. The molecule has 0 radical (unpaired) electrons. The molecular formula is C17H28F6N4O2. The normalized spacial score (nSPS) is 43.0. The van der Waals surface area contributed by atoms with E-state index < -0.39 is 67.5 Å². The minimum Gasteiger partial charge on any atom is -0.360 e. The minimum absolute atomic E-state index is 0.103. The molecule has 3 fully saturated rings. The maximum absolute atomic E-state index is 13.5. The molecule has 6 unspecified atom stereocenters. The van der Waals surface area contributed by atoms with Gasteiger partial charge in [-0.1, -0.05) is 19.3 Å². The van der Waals surface area contributed by atoms with Crippen molar-refractivity contribution in [3.8, 4) is 0 Å². The Balaban J connectivity index is 1.82. The number of halogens is 6. The van der Waals surface area contributed by atoms with Crippen molar-refractivity contribution in [2.24, 2.45) is 17.6 Å². The molecule has 0 saturated carbocycles. The number of rotatable bonds is 0. The van der Waals surface area contributed by atoms with Crippen molar-refractivity contribution in [2.45, 2.75) is 94.7 Å². The lowest BCUT2D eigenvalue weighted by molar-refractivity contribution is -0.238. The second kappa shape index (κ2) is 8.83. The van der Waals surface area contributed by atoms with Crippen LogP contribution in [0.2, 0.25) is 0 Å². The molecule has 29 heavy (non-hydrogen) atoms. The molecule has 0 aromatic rings. The van der Waals surface area contributed by atoms with Crippen molar-refractivity contribution in [2.75, 3.05) is 0 Å². The average molecular weight is 434 g/mol. The van der Waals surface area contributed by atoms with E-state index in [-0.39, 0.29) is 6.42 Å². The second-order valence-electron chi connectivity index (χ2n) is 8.16. The first-order chi connectivity index (χ1) is 13.5. The van der Waals surface area contributed by atoms with E-state index in [0.717, 1.165) is 0 Å². The van der Waals surface area contributed by atoms with Crippen LogP contribution in [0.1, 0.15) is 45.4 Å². The highest BCUT2D eigenvalue weighted by Crippen LogP contribution is 2.39. The molecule has 3 rings (SSSR count).